The molecule has 2 amide bonds. The molecule has 2 aliphatic rings. The van der Waals surface area contributed by atoms with Gasteiger partial charge in [-0.05, 0) is 41.4 Å². The fourth-order valence-electron chi connectivity index (χ4n) is 5.37. The molecule has 210 valence electrons. The summed E-state index contributed by atoms with van der Waals surface area (Å²) in [6, 6.07) is 7.28. The van der Waals surface area contributed by atoms with Crippen LogP contribution in [0.4, 0.5) is 0 Å². The van der Waals surface area contributed by atoms with Crippen molar-refractivity contribution >= 4 is 29.5 Å². The number of β-lactam (4-membered cyclic amide) rings is 1. The van der Waals surface area contributed by atoms with Crippen molar-refractivity contribution in [3.63, 3.8) is 0 Å². The lowest BCUT2D eigenvalue weighted by atomic mass is 9.78. The van der Waals surface area contributed by atoms with E-state index in [2.05, 4.69) is 25.9 Å². The number of nitrogens with zero attached hydrogens (tertiary/aromatic N) is 7. The van der Waals surface area contributed by atoms with Gasteiger partial charge in [0.15, 0.2) is 0 Å². The number of benzene rings is 1. The van der Waals surface area contributed by atoms with Crippen molar-refractivity contribution in [3.8, 4) is 11.1 Å². The number of carbonyl (C=O) groups excluding carboxylic acids is 2. The Balaban J connectivity index is 1.23. The average molecular weight is 566 g/mol. The van der Waals surface area contributed by atoms with Crippen molar-refractivity contribution in [3.05, 3.63) is 59.2 Å². The molecule has 2 unspecified atom stereocenters. The summed E-state index contributed by atoms with van der Waals surface area (Å²) in [5.74, 6) is -1.90. The van der Waals surface area contributed by atoms with E-state index in [1.807, 2.05) is 48.3 Å². The van der Waals surface area contributed by atoms with Crippen LogP contribution >= 0.6 is 11.8 Å². The van der Waals surface area contributed by atoms with E-state index in [0.29, 0.717) is 17.2 Å². The highest BCUT2D eigenvalue weighted by Crippen LogP contribution is 2.51. The molecular formula is C26H31N9O4S. The third kappa shape index (κ3) is 5.36. The van der Waals surface area contributed by atoms with E-state index in [-0.39, 0.29) is 36.0 Å². The van der Waals surface area contributed by atoms with Crippen LogP contribution in [-0.2, 0) is 33.2 Å². The van der Waals surface area contributed by atoms with Gasteiger partial charge in [-0.25, -0.2) is 9.48 Å². The highest BCUT2D eigenvalue weighted by molar-refractivity contribution is 8.02. The highest BCUT2D eigenvalue weighted by atomic mass is 32.2. The second kappa shape index (κ2) is 11.6. The number of amides is 2. The summed E-state index contributed by atoms with van der Waals surface area (Å²) in [4.78, 5) is 39.8. The number of aryl methyl sites for hydroxylation is 1. The van der Waals surface area contributed by atoms with E-state index in [0.717, 1.165) is 29.7 Å². The predicted octanol–water partition coefficient (Wildman–Crippen LogP) is 1.10. The number of carboxylic acids is 1. The number of aliphatic carboxylic acids is 1. The van der Waals surface area contributed by atoms with Crippen molar-refractivity contribution < 1.29 is 19.5 Å². The smallest absolute Gasteiger partial charge is 0.353 e. The van der Waals surface area contributed by atoms with Gasteiger partial charge in [-0.15, -0.1) is 16.9 Å². The van der Waals surface area contributed by atoms with E-state index >= 15 is 0 Å². The zero-order chi connectivity index (χ0) is 28.4. The van der Waals surface area contributed by atoms with Crippen molar-refractivity contribution in [2.24, 2.45) is 17.6 Å². The highest BCUT2D eigenvalue weighted by Gasteiger charge is 2.60. The molecule has 4 atom stereocenters. The molecule has 0 spiro atoms. The molecule has 0 saturated carbocycles. The Kier molecular flexibility index (Phi) is 7.98. The van der Waals surface area contributed by atoms with Crippen molar-refractivity contribution in [1.82, 2.24) is 40.2 Å². The molecule has 0 radical (unpaired) electrons. The zero-order valence-corrected chi connectivity index (χ0v) is 23.0. The first-order chi connectivity index (χ1) is 19.3. The summed E-state index contributed by atoms with van der Waals surface area (Å²) in [6.07, 6.45) is 6.02. The quantitative estimate of drug-likeness (QED) is 0.270. The van der Waals surface area contributed by atoms with Gasteiger partial charge in [-0.2, -0.15) is 5.10 Å². The topological polar surface area (TPSA) is 174 Å². The minimum absolute atomic E-state index is 0.0393. The first-order valence-electron chi connectivity index (χ1n) is 13.0. The summed E-state index contributed by atoms with van der Waals surface area (Å²) in [5.41, 5.74) is 8.72. The Labute approximate surface area is 234 Å². The lowest BCUT2D eigenvalue weighted by Gasteiger charge is -2.47. The van der Waals surface area contributed by atoms with E-state index in [1.54, 1.807) is 6.92 Å². The number of tetrazole rings is 1. The van der Waals surface area contributed by atoms with Gasteiger partial charge in [0.05, 0.1) is 18.2 Å². The van der Waals surface area contributed by atoms with Gasteiger partial charge in [0.25, 0.3) is 0 Å². The number of hydrogen-bond donors (Lipinski definition) is 3. The number of carboxylic acid groups (broad SMARTS) is 1. The molecule has 40 heavy (non-hydrogen) atoms. The van der Waals surface area contributed by atoms with Crippen molar-refractivity contribution in [1.29, 1.82) is 0 Å². The van der Waals surface area contributed by atoms with Crippen LogP contribution in [0, 0.1) is 11.8 Å². The second-order valence-electron chi connectivity index (χ2n) is 10.0. The van der Waals surface area contributed by atoms with Crippen molar-refractivity contribution in [2.75, 3.05) is 6.54 Å². The number of hydrogen-bond acceptors (Lipinski definition) is 9. The standard InChI is InChI=1S/C26H31N9O4S/c1-15-22-21(16(2)30-20(36)12-34-14-28-31-32-34)25(37)35(22)23(26(38)39)24(15)40-13-17-4-6-18(7-5-17)19-10-29-33(11-19)9-3-8-27/h4-7,10-11,14-16,21-22H,3,8-9,12-13,27H2,1-2H3,(H,30,36)(H,38,39)/t15?,16?,21-,22-/m1/s1. The number of carbonyl (C=O) groups is 3. The van der Waals surface area contributed by atoms with Crippen LogP contribution in [0.5, 0.6) is 0 Å². The summed E-state index contributed by atoms with van der Waals surface area (Å²) >= 11 is 1.44. The lowest BCUT2D eigenvalue weighted by molar-refractivity contribution is -0.158. The molecule has 2 aromatic heterocycles. The molecule has 4 heterocycles. The minimum Gasteiger partial charge on any atom is -0.477 e. The van der Waals surface area contributed by atoms with Crippen LogP contribution in [0.3, 0.4) is 0 Å². The molecule has 1 saturated heterocycles. The van der Waals surface area contributed by atoms with E-state index in [1.165, 1.54) is 27.7 Å². The molecule has 1 fully saturated rings. The SMILES string of the molecule is CC(NC(=O)Cn1cnnn1)[C@H]1C(=O)N2C(C(=O)O)=C(SCc3ccc(-c4cnn(CCCN)c4)cc3)C(C)[C@H]12. The number of fused-ring (bicyclic) bond motifs is 1. The first-order valence-corrected chi connectivity index (χ1v) is 14.0. The molecule has 5 rings (SSSR count). The van der Waals surface area contributed by atoms with Gasteiger partial charge in [0.1, 0.15) is 18.6 Å². The summed E-state index contributed by atoms with van der Waals surface area (Å²) in [7, 11) is 0. The van der Waals surface area contributed by atoms with Gasteiger partial charge in [0.2, 0.25) is 11.8 Å². The van der Waals surface area contributed by atoms with Crippen LogP contribution in [0.1, 0.15) is 25.8 Å². The molecule has 3 aromatic rings. The van der Waals surface area contributed by atoms with Crippen LogP contribution < -0.4 is 11.1 Å². The van der Waals surface area contributed by atoms with E-state index in [9.17, 15) is 19.5 Å². The second-order valence-corrected chi connectivity index (χ2v) is 11.0. The Morgan fingerprint density at radius 2 is 1.98 bits per heavy atom. The molecule has 0 bridgehead atoms. The maximum atomic E-state index is 13.1. The Morgan fingerprint density at radius 1 is 1.20 bits per heavy atom. The summed E-state index contributed by atoms with van der Waals surface area (Å²) in [6.45, 7) is 5.02. The summed E-state index contributed by atoms with van der Waals surface area (Å²) < 4.78 is 3.17. The molecule has 2 aliphatic heterocycles. The number of thioether (sulfide) groups is 1. The largest absolute Gasteiger partial charge is 0.477 e. The first kappa shape index (κ1) is 27.5. The molecule has 4 N–H and O–H groups in total. The van der Waals surface area contributed by atoms with Crippen LogP contribution in [0.25, 0.3) is 11.1 Å². The van der Waals surface area contributed by atoms with Crippen LogP contribution in [-0.4, -0.2) is 76.4 Å². The Bertz CT molecular complexity index is 1420. The lowest BCUT2D eigenvalue weighted by Crippen LogP contribution is -2.66. The van der Waals surface area contributed by atoms with Crippen molar-refractivity contribution in [2.45, 2.75) is 51.2 Å². The normalized spacial score (nSPS) is 20.8. The molecule has 0 aliphatic carbocycles. The number of rotatable bonds is 12. The summed E-state index contributed by atoms with van der Waals surface area (Å²) in [5, 5.41) is 27.9. The molecular weight excluding hydrogens is 534 g/mol. The van der Waals surface area contributed by atoms with Gasteiger partial charge in [0, 0.05) is 40.9 Å². The van der Waals surface area contributed by atoms with Crippen LogP contribution in [0.2, 0.25) is 0 Å². The Morgan fingerprint density at radius 3 is 2.65 bits per heavy atom. The van der Waals surface area contributed by atoms with Gasteiger partial charge >= 0.3 is 5.97 Å². The third-order valence-corrected chi connectivity index (χ3v) is 8.68. The average Bonchev–Trinajstić information content (AvgIpc) is 3.66. The minimum atomic E-state index is -1.12. The molecule has 14 heteroatoms. The molecule has 1 aromatic carbocycles. The number of nitrogens with one attached hydrogen (secondary N) is 1. The zero-order valence-electron chi connectivity index (χ0n) is 22.2. The van der Waals surface area contributed by atoms with Gasteiger partial charge < -0.3 is 21.1 Å². The molecule has 13 nitrogen and oxygen atoms in total. The van der Waals surface area contributed by atoms with Gasteiger partial charge in [-0.3, -0.25) is 14.3 Å². The fraction of sp³-hybridized carbons (Fsp3) is 0.423. The number of aromatic nitrogens is 6. The predicted molar refractivity (Wildman–Crippen MR) is 146 cm³/mol. The van der Waals surface area contributed by atoms with Crippen LogP contribution in [0.15, 0.2) is 53.6 Å². The third-order valence-electron chi connectivity index (χ3n) is 7.32. The van der Waals surface area contributed by atoms with E-state index < -0.39 is 17.9 Å². The Hall–Kier alpha value is -4.04. The maximum Gasteiger partial charge on any atom is 0.353 e. The van der Waals surface area contributed by atoms with Gasteiger partial charge in [-0.1, -0.05) is 31.2 Å². The number of nitrogens with two attached hydrogens (primary N) is 1. The maximum absolute atomic E-state index is 13.1. The monoisotopic (exact) mass is 565 g/mol. The fourth-order valence-corrected chi connectivity index (χ4v) is 6.60. The van der Waals surface area contributed by atoms with E-state index in [4.69, 9.17) is 5.73 Å².